The molecule has 3 heterocycles. The normalized spacial score (nSPS) is 16.5. The van der Waals surface area contributed by atoms with E-state index >= 15 is 0 Å². The van der Waals surface area contributed by atoms with Crippen LogP contribution in [0.3, 0.4) is 0 Å². The highest BCUT2D eigenvalue weighted by Gasteiger charge is 2.21. The van der Waals surface area contributed by atoms with Gasteiger partial charge in [-0.15, -0.1) is 0 Å². The first-order chi connectivity index (χ1) is 15.2. The van der Waals surface area contributed by atoms with E-state index < -0.39 is 0 Å². The summed E-state index contributed by atoms with van der Waals surface area (Å²) in [6.07, 6.45) is 8.11. The molecular weight excluding hydrogens is 388 g/mol. The third kappa shape index (κ3) is 4.10. The summed E-state index contributed by atoms with van der Waals surface area (Å²) in [5, 5.41) is 5.94. The Morgan fingerprint density at radius 1 is 1.00 bits per heavy atom. The maximum atomic E-state index is 12.5. The van der Waals surface area contributed by atoms with Crippen LogP contribution in [0.15, 0.2) is 48.7 Å². The van der Waals surface area contributed by atoms with E-state index in [0.29, 0.717) is 6.54 Å². The molecule has 0 bridgehead atoms. The van der Waals surface area contributed by atoms with E-state index in [1.807, 2.05) is 42.5 Å². The average Bonchev–Trinajstić information content (AvgIpc) is 3.26. The molecule has 3 aromatic rings. The van der Waals surface area contributed by atoms with Crippen LogP contribution in [0.2, 0.25) is 0 Å². The number of H-pyrrole nitrogens is 1. The largest absolute Gasteiger partial charge is 0.358 e. The van der Waals surface area contributed by atoms with Gasteiger partial charge in [-0.3, -0.25) is 14.6 Å². The second-order valence-electron chi connectivity index (χ2n) is 8.41. The second kappa shape index (κ2) is 8.38. The summed E-state index contributed by atoms with van der Waals surface area (Å²) in [6.45, 7) is 0.664. The van der Waals surface area contributed by atoms with Crippen LogP contribution in [0, 0.1) is 5.92 Å². The Labute approximate surface area is 181 Å². The van der Waals surface area contributed by atoms with Gasteiger partial charge >= 0.3 is 0 Å². The highest BCUT2D eigenvalue weighted by atomic mass is 16.2. The third-order valence-corrected chi connectivity index (χ3v) is 6.30. The first kappa shape index (κ1) is 19.5. The first-order valence-corrected chi connectivity index (χ1v) is 11.1. The molecule has 1 saturated carbocycles. The van der Waals surface area contributed by atoms with E-state index in [-0.39, 0.29) is 17.7 Å². The minimum Gasteiger partial charge on any atom is -0.358 e. The Morgan fingerprint density at radius 3 is 2.58 bits per heavy atom. The smallest absolute Gasteiger partial charge is 0.253 e. The molecule has 0 saturated heterocycles. The number of rotatable bonds is 4. The Balaban J connectivity index is 1.33. The predicted octanol–water partition coefficient (Wildman–Crippen LogP) is 4.55. The minimum absolute atomic E-state index is 0.0242. The summed E-state index contributed by atoms with van der Waals surface area (Å²) < 4.78 is 0. The maximum Gasteiger partial charge on any atom is 0.253 e. The van der Waals surface area contributed by atoms with Gasteiger partial charge in [0.05, 0.1) is 11.3 Å². The number of fused-ring (bicyclic) bond motifs is 1. The van der Waals surface area contributed by atoms with Crippen LogP contribution in [0.5, 0.6) is 0 Å². The van der Waals surface area contributed by atoms with Gasteiger partial charge < -0.3 is 15.6 Å². The third-order valence-electron chi connectivity index (χ3n) is 6.30. The van der Waals surface area contributed by atoms with Crippen LogP contribution in [0.4, 0.5) is 5.69 Å². The number of nitrogens with one attached hydrogen (secondary N) is 3. The fourth-order valence-electron chi connectivity index (χ4n) is 4.54. The van der Waals surface area contributed by atoms with Crippen LogP contribution < -0.4 is 10.6 Å². The SMILES string of the molecule is O=C1NCCc2[nH]c(-c3ccnc(-c4ccc(NC(=O)C5CCCCC5)cc4)c3)cc21. The number of pyridine rings is 1. The van der Waals surface area contributed by atoms with Gasteiger partial charge in [0.15, 0.2) is 0 Å². The monoisotopic (exact) mass is 414 g/mol. The zero-order valence-corrected chi connectivity index (χ0v) is 17.4. The number of carbonyl (C=O) groups excluding carboxylic acids is 2. The number of aromatic amines is 1. The van der Waals surface area contributed by atoms with Crippen LogP contribution in [-0.2, 0) is 11.2 Å². The van der Waals surface area contributed by atoms with Crippen molar-refractivity contribution in [2.75, 3.05) is 11.9 Å². The molecule has 0 unspecified atom stereocenters. The summed E-state index contributed by atoms with van der Waals surface area (Å²) in [7, 11) is 0. The van der Waals surface area contributed by atoms with Crippen molar-refractivity contribution in [1.82, 2.24) is 15.3 Å². The van der Waals surface area contributed by atoms with Gasteiger partial charge in [-0.1, -0.05) is 31.4 Å². The quantitative estimate of drug-likeness (QED) is 0.585. The van der Waals surface area contributed by atoms with Gasteiger partial charge in [0.2, 0.25) is 5.91 Å². The van der Waals surface area contributed by atoms with Crippen molar-refractivity contribution in [3.05, 3.63) is 59.9 Å². The number of aromatic nitrogens is 2. The lowest BCUT2D eigenvalue weighted by Crippen LogP contribution is -2.31. The Bertz CT molecular complexity index is 1110. The molecule has 2 aliphatic rings. The summed E-state index contributed by atoms with van der Waals surface area (Å²) in [4.78, 5) is 32.4. The van der Waals surface area contributed by atoms with E-state index in [1.54, 1.807) is 6.20 Å². The zero-order chi connectivity index (χ0) is 21.2. The zero-order valence-electron chi connectivity index (χ0n) is 17.4. The Kier molecular flexibility index (Phi) is 5.28. The molecule has 6 heteroatoms. The lowest BCUT2D eigenvalue weighted by atomic mass is 9.88. The van der Waals surface area contributed by atoms with Gasteiger partial charge in [-0.2, -0.15) is 0 Å². The number of benzene rings is 1. The maximum absolute atomic E-state index is 12.5. The van der Waals surface area contributed by atoms with E-state index in [2.05, 4.69) is 20.6 Å². The van der Waals surface area contributed by atoms with Crippen molar-refractivity contribution in [3.63, 3.8) is 0 Å². The van der Waals surface area contributed by atoms with Gasteiger partial charge in [-0.25, -0.2) is 0 Å². The number of carbonyl (C=O) groups is 2. The van der Waals surface area contributed by atoms with E-state index in [1.165, 1.54) is 6.42 Å². The summed E-state index contributed by atoms with van der Waals surface area (Å²) in [5.74, 6) is 0.247. The number of anilines is 1. The predicted molar refractivity (Wildman–Crippen MR) is 121 cm³/mol. The highest BCUT2D eigenvalue weighted by molar-refractivity contribution is 5.98. The second-order valence-corrected chi connectivity index (χ2v) is 8.41. The number of nitrogens with zero attached hydrogens (tertiary/aromatic N) is 1. The summed E-state index contributed by atoms with van der Waals surface area (Å²) >= 11 is 0. The van der Waals surface area contributed by atoms with Gasteiger partial charge in [0.1, 0.15) is 0 Å². The van der Waals surface area contributed by atoms with Crippen molar-refractivity contribution in [3.8, 4) is 22.5 Å². The van der Waals surface area contributed by atoms with Crippen molar-refractivity contribution < 1.29 is 9.59 Å². The topological polar surface area (TPSA) is 86.9 Å². The molecule has 2 amide bonds. The molecule has 0 atom stereocenters. The van der Waals surface area contributed by atoms with Gasteiger partial charge in [-0.05, 0) is 43.2 Å². The number of amides is 2. The molecule has 1 aliphatic carbocycles. The molecule has 1 fully saturated rings. The van der Waals surface area contributed by atoms with Crippen molar-refractivity contribution in [1.29, 1.82) is 0 Å². The van der Waals surface area contributed by atoms with Crippen LogP contribution in [0.1, 0.15) is 48.2 Å². The lowest BCUT2D eigenvalue weighted by molar-refractivity contribution is -0.120. The lowest BCUT2D eigenvalue weighted by Gasteiger charge is -2.20. The highest BCUT2D eigenvalue weighted by Crippen LogP contribution is 2.28. The van der Waals surface area contributed by atoms with Gasteiger partial charge in [0, 0.05) is 53.3 Å². The molecule has 0 radical (unpaired) electrons. The van der Waals surface area contributed by atoms with Crippen molar-refractivity contribution in [2.24, 2.45) is 5.92 Å². The molecule has 158 valence electrons. The summed E-state index contributed by atoms with van der Waals surface area (Å²) in [6, 6.07) is 13.7. The molecular formula is C25H26N4O2. The van der Waals surface area contributed by atoms with Crippen LogP contribution >= 0.6 is 0 Å². The first-order valence-electron chi connectivity index (χ1n) is 11.1. The van der Waals surface area contributed by atoms with E-state index in [0.717, 1.165) is 71.6 Å². The van der Waals surface area contributed by atoms with Crippen LogP contribution in [-0.4, -0.2) is 28.3 Å². The molecule has 2 aromatic heterocycles. The molecule has 3 N–H and O–H groups in total. The molecule has 6 nitrogen and oxygen atoms in total. The molecule has 5 rings (SSSR count). The van der Waals surface area contributed by atoms with Crippen LogP contribution in [0.25, 0.3) is 22.5 Å². The van der Waals surface area contributed by atoms with Crippen molar-refractivity contribution >= 4 is 17.5 Å². The average molecular weight is 415 g/mol. The van der Waals surface area contributed by atoms with E-state index in [4.69, 9.17) is 0 Å². The molecule has 1 aromatic carbocycles. The Hall–Kier alpha value is -3.41. The molecule has 0 spiro atoms. The van der Waals surface area contributed by atoms with E-state index in [9.17, 15) is 9.59 Å². The molecule has 31 heavy (non-hydrogen) atoms. The number of hydrogen-bond donors (Lipinski definition) is 3. The molecule has 1 aliphatic heterocycles. The van der Waals surface area contributed by atoms with Gasteiger partial charge in [0.25, 0.3) is 5.91 Å². The fourth-order valence-corrected chi connectivity index (χ4v) is 4.54. The minimum atomic E-state index is -0.0242. The number of hydrogen-bond acceptors (Lipinski definition) is 3. The van der Waals surface area contributed by atoms with Crippen molar-refractivity contribution in [2.45, 2.75) is 38.5 Å². The fraction of sp³-hybridized carbons (Fsp3) is 0.320. The standard InChI is InChI=1S/C25H26N4O2/c30-24(17-4-2-1-3-5-17)28-19-8-6-16(7-9-19)22-14-18(10-12-26-22)23-15-20-21(29-23)11-13-27-25(20)31/h6-10,12,14-15,17,29H,1-5,11,13H2,(H,27,31)(H,28,30). The summed E-state index contributed by atoms with van der Waals surface area (Å²) in [5.41, 5.74) is 6.25. The Morgan fingerprint density at radius 2 is 1.81 bits per heavy atom.